The van der Waals surface area contributed by atoms with E-state index in [-0.39, 0.29) is 5.91 Å². The van der Waals surface area contributed by atoms with Crippen molar-refractivity contribution in [3.63, 3.8) is 0 Å². The van der Waals surface area contributed by atoms with E-state index in [0.717, 1.165) is 61.0 Å². The van der Waals surface area contributed by atoms with E-state index >= 15 is 0 Å². The molecule has 224 valence electrons. The van der Waals surface area contributed by atoms with Crippen LogP contribution < -0.4 is 20.1 Å². The van der Waals surface area contributed by atoms with Crippen LogP contribution in [0, 0.1) is 0 Å². The topological polar surface area (TPSA) is 106 Å². The zero-order chi connectivity index (χ0) is 30.3. The van der Waals surface area contributed by atoms with E-state index in [9.17, 15) is 4.79 Å². The van der Waals surface area contributed by atoms with Crippen LogP contribution in [0.15, 0.2) is 91.4 Å². The van der Waals surface area contributed by atoms with Gasteiger partial charge < -0.3 is 20.1 Å². The standard InChI is InChI=1S/C34H35N7O3/c1-43-32-19-26-14-18-40(22-27(26)20-33(32)44-2)17-13-24-7-9-29(10-8-24)41-23-28(38-39-41)21-36-30-5-3-4-6-31(30)37-34(42)25-11-15-35-16-12-25/h3-12,15-16,19-20,23,36H,13-14,17-18,21-22H2,1-2H3,(H,37,42). The van der Waals surface area contributed by atoms with Crippen LogP contribution in [0.2, 0.25) is 0 Å². The first-order chi connectivity index (χ1) is 21.6. The number of nitrogens with zero attached hydrogens (tertiary/aromatic N) is 5. The van der Waals surface area contributed by atoms with E-state index in [1.807, 2.05) is 30.5 Å². The molecule has 2 N–H and O–H groups in total. The molecule has 0 saturated carbocycles. The average Bonchev–Trinajstić information content (AvgIpc) is 3.56. The smallest absolute Gasteiger partial charge is 0.255 e. The van der Waals surface area contributed by atoms with Crippen molar-refractivity contribution in [2.24, 2.45) is 0 Å². The summed E-state index contributed by atoms with van der Waals surface area (Å²) in [5.41, 5.74) is 7.68. The minimum atomic E-state index is -0.195. The summed E-state index contributed by atoms with van der Waals surface area (Å²) in [6.07, 6.45) is 7.08. The highest BCUT2D eigenvalue weighted by molar-refractivity contribution is 6.05. The van der Waals surface area contributed by atoms with Gasteiger partial charge in [0.2, 0.25) is 0 Å². The van der Waals surface area contributed by atoms with E-state index < -0.39 is 0 Å². The van der Waals surface area contributed by atoms with Gasteiger partial charge in [0.25, 0.3) is 5.91 Å². The Morgan fingerprint density at radius 2 is 1.64 bits per heavy atom. The Hall–Kier alpha value is -5.22. The van der Waals surface area contributed by atoms with Gasteiger partial charge in [-0.2, -0.15) is 0 Å². The number of hydrogen-bond donors (Lipinski definition) is 2. The van der Waals surface area contributed by atoms with E-state index in [2.05, 4.69) is 67.2 Å². The number of nitrogens with one attached hydrogen (secondary N) is 2. The van der Waals surface area contributed by atoms with E-state index in [0.29, 0.717) is 17.8 Å². The highest BCUT2D eigenvalue weighted by Crippen LogP contribution is 2.33. The van der Waals surface area contributed by atoms with Gasteiger partial charge in [-0.15, -0.1) is 5.10 Å². The van der Waals surface area contributed by atoms with Crippen molar-refractivity contribution < 1.29 is 14.3 Å². The second-order valence-electron chi connectivity index (χ2n) is 10.7. The van der Waals surface area contributed by atoms with E-state index in [1.165, 1.54) is 16.7 Å². The fraction of sp³-hybridized carbons (Fsp3) is 0.235. The molecule has 0 unspecified atom stereocenters. The molecule has 0 aliphatic carbocycles. The summed E-state index contributed by atoms with van der Waals surface area (Å²) in [5.74, 6) is 1.38. The van der Waals surface area contributed by atoms with Gasteiger partial charge in [0.05, 0.1) is 44.0 Å². The summed E-state index contributed by atoms with van der Waals surface area (Å²) < 4.78 is 12.8. The number of ether oxygens (including phenoxy) is 2. The van der Waals surface area contributed by atoms with Crippen molar-refractivity contribution in [1.29, 1.82) is 0 Å². The van der Waals surface area contributed by atoms with E-state index in [4.69, 9.17) is 9.47 Å². The first-order valence-electron chi connectivity index (χ1n) is 14.6. The molecule has 0 spiro atoms. The number of fused-ring (bicyclic) bond motifs is 1. The van der Waals surface area contributed by atoms with Gasteiger partial charge in [0, 0.05) is 37.6 Å². The van der Waals surface area contributed by atoms with Gasteiger partial charge in [-0.1, -0.05) is 29.5 Å². The van der Waals surface area contributed by atoms with Crippen LogP contribution >= 0.6 is 0 Å². The van der Waals surface area contributed by atoms with Crippen LogP contribution in [0.4, 0.5) is 11.4 Å². The normalized spacial score (nSPS) is 12.8. The molecule has 0 saturated heterocycles. The molecule has 2 aromatic heterocycles. The molecule has 0 radical (unpaired) electrons. The van der Waals surface area contributed by atoms with Crippen molar-refractivity contribution >= 4 is 17.3 Å². The van der Waals surface area contributed by atoms with Gasteiger partial charge in [-0.05, 0) is 78.1 Å². The zero-order valence-corrected chi connectivity index (χ0v) is 24.9. The minimum absolute atomic E-state index is 0.195. The van der Waals surface area contributed by atoms with Gasteiger partial charge >= 0.3 is 0 Å². The molecule has 5 aromatic rings. The minimum Gasteiger partial charge on any atom is -0.493 e. The molecule has 3 heterocycles. The molecule has 0 bridgehead atoms. The first kappa shape index (κ1) is 28.9. The summed E-state index contributed by atoms with van der Waals surface area (Å²) >= 11 is 0. The third-order valence-electron chi connectivity index (χ3n) is 7.83. The Kier molecular flexibility index (Phi) is 8.79. The van der Waals surface area contributed by atoms with Gasteiger partial charge in [0.15, 0.2) is 11.5 Å². The van der Waals surface area contributed by atoms with Crippen molar-refractivity contribution in [2.75, 3.05) is 37.9 Å². The number of methoxy groups -OCH3 is 2. The maximum absolute atomic E-state index is 12.6. The molecule has 0 fully saturated rings. The molecule has 1 aliphatic rings. The van der Waals surface area contributed by atoms with Crippen molar-refractivity contribution in [1.82, 2.24) is 24.9 Å². The quantitative estimate of drug-likeness (QED) is 0.218. The zero-order valence-electron chi connectivity index (χ0n) is 24.9. The Balaban J connectivity index is 1.02. The number of aromatic nitrogens is 4. The molecule has 10 nitrogen and oxygen atoms in total. The van der Waals surface area contributed by atoms with Crippen LogP contribution in [0.1, 0.15) is 32.7 Å². The number of amides is 1. The lowest BCUT2D eigenvalue weighted by Crippen LogP contribution is -2.32. The van der Waals surface area contributed by atoms with Crippen LogP contribution in [0.5, 0.6) is 11.5 Å². The lowest BCUT2D eigenvalue weighted by atomic mass is 9.98. The molecule has 1 amide bonds. The van der Waals surface area contributed by atoms with Gasteiger partial charge in [-0.3, -0.25) is 14.7 Å². The lowest BCUT2D eigenvalue weighted by Gasteiger charge is -2.29. The monoisotopic (exact) mass is 589 g/mol. The summed E-state index contributed by atoms with van der Waals surface area (Å²) in [5, 5.41) is 15.0. The third-order valence-corrected chi connectivity index (χ3v) is 7.83. The maximum atomic E-state index is 12.6. The Morgan fingerprint density at radius 3 is 2.39 bits per heavy atom. The number of carbonyl (C=O) groups excluding carboxylic acids is 1. The number of anilines is 2. The Morgan fingerprint density at radius 1 is 0.909 bits per heavy atom. The average molecular weight is 590 g/mol. The molecular weight excluding hydrogens is 554 g/mol. The largest absolute Gasteiger partial charge is 0.493 e. The predicted molar refractivity (Wildman–Crippen MR) is 170 cm³/mol. The molecule has 10 heteroatoms. The molecule has 1 aliphatic heterocycles. The highest BCUT2D eigenvalue weighted by atomic mass is 16.5. The summed E-state index contributed by atoms with van der Waals surface area (Å²) in [4.78, 5) is 19.1. The van der Waals surface area contributed by atoms with Gasteiger partial charge in [-0.25, -0.2) is 4.68 Å². The number of benzene rings is 3. The predicted octanol–water partition coefficient (Wildman–Crippen LogP) is 5.14. The molecular formula is C34H35N7O3. The second-order valence-corrected chi connectivity index (χ2v) is 10.7. The van der Waals surface area contributed by atoms with Crippen molar-refractivity contribution in [3.8, 4) is 17.2 Å². The SMILES string of the molecule is COc1cc2c(cc1OC)CN(CCc1ccc(-n3cc(CNc4ccccc4NC(=O)c4ccncc4)nn3)cc1)CC2. The lowest BCUT2D eigenvalue weighted by molar-refractivity contribution is 0.102. The number of para-hydroxylation sites is 2. The fourth-order valence-corrected chi connectivity index (χ4v) is 5.37. The van der Waals surface area contributed by atoms with Crippen LogP contribution in [-0.2, 0) is 25.9 Å². The highest BCUT2D eigenvalue weighted by Gasteiger charge is 2.19. The second kappa shape index (κ2) is 13.4. The summed E-state index contributed by atoms with van der Waals surface area (Å²) in [7, 11) is 3.36. The summed E-state index contributed by atoms with van der Waals surface area (Å²) in [6, 6.07) is 23.6. The molecule has 6 rings (SSSR count). The van der Waals surface area contributed by atoms with Crippen LogP contribution in [-0.4, -0.2) is 58.1 Å². The number of hydrogen-bond acceptors (Lipinski definition) is 8. The molecule has 3 aromatic carbocycles. The number of pyridine rings is 1. The van der Waals surface area contributed by atoms with E-state index in [1.54, 1.807) is 43.4 Å². The number of carbonyl (C=O) groups is 1. The number of rotatable bonds is 11. The van der Waals surface area contributed by atoms with Crippen LogP contribution in [0.3, 0.4) is 0 Å². The Labute approximate surface area is 256 Å². The third kappa shape index (κ3) is 6.71. The van der Waals surface area contributed by atoms with Crippen molar-refractivity contribution in [2.45, 2.75) is 25.9 Å². The molecule has 44 heavy (non-hydrogen) atoms. The van der Waals surface area contributed by atoms with Crippen LogP contribution in [0.25, 0.3) is 5.69 Å². The van der Waals surface area contributed by atoms with Gasteiger partial charge in [0.1, 0.15) is 5.69 Å². The van der Waals surface area contributed by atoms with Crippen molar-refractivity contribution in [3.05, 3.63) is 119 Å². The first-order valence-corrected chi connectivity index (χ1v) is 14.6. The maximum Gasteiger partial charge on any atom is 0.255 e. The molecule has 0 atom stereocenters. The summed E-state index contributed by atoms with van der Waals surface area (Å²) in [6.45, 7) is 3.37. The Bertz CT molecular complexity index is 1720. The fourth-order valence-electron chi connectivity index (χ4n) is 5.37.